The molecule has 0 saturated carbocycles. The van der Waals surface area contributed by atoms with Gasteiger partial charge in [-0.3, -0.25) is 4.79 Å². The Labute approximate surface area is 183 Å². The zero-order valence-electron chi connectivity index (χ0n) is 16.3. The number of aromatic nitrogens is 1. The van der Waals surface area contributed by atoms with Crippen molar-refractivity contribution >= 4 is 31.9 Å². The molecule has 0 spiro atoms. The third kappa shape index (κ3) is 4.19. The van der Waals surface area contributed by atoms with Crippen molar-refractivity contribution in [2.45, 2.75) is 11.8 Å². The number of hydrogen-bond acceptors (Lipinski definition) is 5. The fourth-order valence-electron chi connectivity index (χ4n) is 3.30. The maximum absolute atomic E-state index is 12.8. The third-order valence-corrected chi connectivity index (χ3v) is 7.42. The summed E-state index contributed by atoms with van der Waals surface area (Å²) in [6.45, 7) is 3.01. The summed E-state index contributed by atoms with van der Waals surface area (Å²) in [5.41, 5.74) is 2.59. The van der Waals surface area contributed by atoms with E-state index in [-0.39, 0.29) is 42.7 Å². The predicted octanol–water partition coefficient (Wildman–Crippen LogP) is 3.56. The van der Waals surface area contributed by atoms with Gasteiger partial charge in [-0.15, -0.1) is 0 Å². The zero-order chi connectivity index (χ0) is 21.3. The molecule has 9 heteroatoms. The van der Waals surface area contributed by atoms with E-state index in [4.69, 9.17) is 4.52 Å². The summed E-state index contributed by atoms with van der Waals surface area (Å²) in [7, 11) is -3.60. The average Bonchev–Trinajstić information content (AvgIpc) is 3.24. The van der Waals surface area contributed by atoms with Crippen molar-refractivity contribution in [3.8, 4) is 11.3 Å². The molecule has 2 heterocycles. The molecule has 1 saturated heterocycles. The van der Waals surface area contributed by atoms with E-state index in [1.165, 1.54) is 4.31 Å². The second kappa shape index (κ2) is 8.33. The van der Waals surface area contributed by atoms with Crippen LogP contribution in [0.4, 0.5) is 0 Å². The minimum Gasteiger partial charge on any atom is -0.350 e. The van der Waals surface area contributed by atoms with Gasteiger partial charge in [-0.2, -0.15) is 4.31 Å². The van der Waals surface area contributed by atoms with E-state index in [0.717, 1.165) is 11.1 Å². The zero-order valence-corrected chi connectivity index (χ0v) is 18.7. The number of rotatable bonds is 4. The molecule has 4 rings (SSSR count). The summed E-state index contributed by atoms with van der Waals surface area (Å²) >= 11 is 3.30. The van der Waals surface area contributed by atoms with Gasteiger partial charge in [0.25, 0.3) is 5.91 Å². The highest BCUT2D eigenvalue weighted by Gasteiger charge is 2.31. The maximum Gasteiger partial charge on any atom is 0.292 e. The lowest BCUT2D eigenvalue weighted by atomic mass is 10.1. The largest absolute Gasteiger partial charge is 0.350 e. The van der Waals surface area contributed by atoms with Crippen molar-refractivity contribution in [3.05, 3.63) is 70.4 Å². The Morgan fingerprint density at radius 2 is 1.73 bits per heavy atom. The van der Waals surface area contributed by atoms with E-state index in [9.17, 15) is 13.2 Å². The first-order valence-electron chi connectivity index (χ1n) is 9.43. The molecule has 7 nitrogen and oxygen atoms in total. The van der Waals surface area contributed by atoms with Crippen molar-refractivity contribution in [3.63, 3.8) is 0 Å². The second-order valence-electron chi connectivity index (χ2n) is 7.10. The van der Waals surface area contributed by atoms with Gasteiger partial charge in [0, 0.05) is 42.3 Å². The number of carbonyl (C=O) groups is 1. The molecule has 0 bridgehead atoms. The van der Waals surface area contributed by atoms with E-state index in [1.807, 2.05) is 31.2 Å². The number of benzene rings is 2. The number of carbonyl (C=O) groups excluding carboxylic acids is 1. The number of hydrogen-bond donors (Lipinski definition) is 0. The van der Waals surface area contributed by atoms with Crippen LogP contribution >= 0.6 is 15.9 Å². The molecule has 0 atom stereocenters. The summed E-state index contributed by atoms with van der Waals surface area (Å²) < 4.78 is 33.0. The van der Waals surface area contributed by atoms with E-state index in [1.54, 1.807) is 35.2 Å². The molecule has 1 aliphatic rings. The highest BCUT2D eigenvalue weighted by atomic mass is 79.9. The molecule has 30 heavy (non-hydrogen) atoms. The van der Waals surface area contributed by atoms with Gasteiger partial charge in [-0.05, 0) is 25.1 Å². The van der Waals surface area contributed by atoms with Crippen molar-refractivity contribution in [2.75, 3.05) is 26.2 Å². The molecule has 1 amide bonds. The molecular weight excluding hydrogens is 470 g/mol. The Bertz CT molecular complexity index is 1170. The van der Waals surface area contributed by atoms with Gasteiger partial charge in [0.2, 0.25) is 15.8 Å². The number of piperazine rings is 1. The Kier molecular flexibility index (Phi) is 5.77. The third-order valence-electron chi connectivity index (χ3n) is 5.03. The minimum absolute atomic E-state index is 0.147. The molecule has 0 radical (unpaired) electrons. The summed E-state index contributed by atoms with van der Waals surface area (Å²) in [6, 6.07) is 16.0. The van der Waals surface area contributed by atoms with Crippen LogP contribution in [-0.2, 0) is 10.0 Å². The molecule has 1 aliphatic heterocycles. The molecule has 3 aromatic rings. The van der Waals surface area contributed by atoms with Gasteiger partial charge in [0.05, 0.1) is 4.90 Å². The van der Waals surface area contributed by atoms with E-state index in [2.05, 4.69) is 21.1 Å². The smallest absolute Gasteiger partial charge is 0.292 e. The summed E-state index contributed by atoms with van der Waals surface area (Å²) in [4.78, 5) is 14.6. The van der Waals surface area contributed by atoms with Gasteiger partial charge < -0.3 is 9.42 Å². The van der Waals surface area contributed by atoms with Crippen LogP contribution < -0.4 is 0 Å². The predicted molar refractivity (Wildman–Crippen MR) is 115 cm³/mol. The van der Waals surface area contributed by atoms with Crippen molar-refractivity contribution < 1.29 is 17.7 Å². The van der Waals surface area contributed by atoms with Crippen LogP contribution in [0.25, 0.3) is 11.3 Å². The summed E-state index contributed by atoms with van der Waals surface area (Å²) in [5.74, 6) is -0.144. The highest BCUT2D eigenvalue weighted by Crippen LogP contribution is 2.23. The highest BCUT2D eigenvalue weighted by molar-refractivity contribution is 9.10. The van der Waals surface area contributed by atoms with Crippen molar-refractivity contribution in [1.29, 1.82) is 0 Å². The van der Waals surface area contributed by atoms with Crippen LogP contribution in [0.5, 0.6) is 0 Å². The standard InChI is InChI=1S/C21H20BrN3O4S/c1-15-5-7-16(8-6-15)19-14-20(29-23-19)21(26)24-9-11-25(12-10-24)30(27,28)18-4-2-3-17(22)13-18/h2-8,13-14H,9-12H2,1H3. The lowest BCUT2D eigenvalue weighted by Crippen LogP contribution is -2.50. The molecule has 0 N–H and O–H groups in total. The Hall–Kier alpha value is -2.49. The number of halogens is 1. The molecule has 1 fully saturated rings. The maximum atomic E-state index is 12.8. The number of nitrogens with zero attached hydrogens (tertiary/aromatic N) is 3. The fraction of sp³-hybridized carbons (Fsp3) is 0.238. The Balaban J connectivity index is 1.43. The molecular formula is C21H20BrN3O4S. The average molecular weight is 490 g/mol. The second-order valence-corrected chi connectivity index (χ2v) is 9.95. The number of sulfonamides is 1. The quantitative estimate of drug-likeness (QED) is 0.559. The van der Waals surface area contributed by atoms with Crippen LogP contribution in [0, 0.1) is 6.92 Å². The fourth-order valence-corrected chi connectivity index (χ4v) is 5.32. The van der Waals surface area contributed by atoms with Crippen LogP contribution in [0.3, 0.4) is 0 Å². The molecule has 0 unspecified atom stereocenters. The van der Waals surface area contributed by atoms with Crippen LogP contribution in [0.15, 0.2) is 68.5 Å². The lowest BCUT2D eigenvalue weighted by molar-refractivity contribution is 0.0656. The molecule has 0 aliphatic carbocycles. The van der Waals surface area contributed by atoms with Crippen LogP contribution in [-0.4, -0.2) is 54.9 Å². The SMILES string of the molecule is Cc1ccc(-c2cc(C(=O)N3CCN(S(=O)(=O)c4cccc(Br)c4)CC3)on2)cc1. The van der Waals surface area contributed by atoms with E-state index < -0.39 is 10.0 Å². The molecule has 156 valence electrons. The van der Waals surface area contributed by atoms with Gasteiger partial charge >= 0.3 is 0 Å². The van der Waals surface area contributed by atoms with Crippen LogP contribution in [0.2, 0.25) is 0 Å². The van der Waals surface area contributed by atoms with Gasteiger partial charge in [-0.25, -0.2) is 8.42 Å². The first kappa shape index (κ1) is 20.8. The van der Waals surface area contributed by atoms with Gasteiger partial charge in [0.1, 0.15) is 5.69 Å². The Morgan fingerprint density at radius 1 is 1.03 bits per heavy atom. The topological polar surface area (TPSA) is 83.7 Å². The summed E-state index contributed by atoms with van der Waals surface area (Å²) in [5, 5.41) is 4.00. The van der Waals surface area contributed by atoms with Crippen molar-refractivity contribution in [2.24, 2.45) is 0 Å². The van der Waals surface area contributed by atoms with E-state index >= 15 is 0 Å². The van der Waals surface area contributed by atoms with Crippen molar-refractivity contribution in [1.82, 2.24) is 14.4 Å². The van der Waals surface area contributed by atoms with Crippen LogP contribution in [0.1, 0.15) is 16.1 Å². The number of aryl methyl sites for hydroxylation is 1. The van der Waals surface area contributed by atoms with E-state index in [0.29, 0.717) is 10.2 Å². The number of amides is 1. The lowest BCUT2D eigenvalue weighted by Gasteiger charge is -2.33. The molecule has 2 aromatic carbocycles. The molecule has 1 aromatic heterocycles. The normalized spacial score (nSPS) is 15.3. The Morgan fingerprint density at radius 3 is 2.40 bits per heavy atom. The minimum atomic E-state index is -3.60. The van der Waals surface area contributed by atoms with Gasteiger partial charge in [-0.1, -0.05) is 57.0 Å². The summed E-state index contributed by atoms with van der Waals surface area (Å²) in [6.07, 6.45) is 0. The first-order valence-corrected chi connectivity index (χ1v) is 11.7. The van der Waals surface area contributed by atoms with Gasteiger partial charge in [0.15, 0.2) is 0 Å². The first-order chi connectivity index (χ1) is 14.3. The monoisotopic (exact) mass is 489 g/mol.